The molecule has 0 aliphatic carbocycles. The molecule has 97 heavy (non-hydrogen) atoms. The summed E-state index contributed by atoms with van der Waals surface area (Å²) in [7, 11) is 15.1. The van der Waals surface area contributed by atoms with Gasteiger partial charge in [0.2, 0.25) is 0 Å². The van der Waals surface area contributed by atoms with Gasteiger partial charge in [-0.25, -0.2) is 23.8 Å². The van der Waals surface area contributed by atoms with Crippen LogP contribution in [0.3, 0.4) is 0 Å². The number of carboxylic acids is 1. The van der Waals surface area contributed by atoms with Gasteiger partial charge in [-0.05, 0) is 116 Å². The van der Waals surface area contributed by atoms with Gasteiger partial charge in [-0.15, -0.1) is 0 Å². The number of likely N-dealkylation sites (N-methyl/N-ethyl adjacent to an activating group) is 3. The van der Waals surface area contributed by atoms with Crippen LogP contribution in [0.2, 0.25) is 5.02 Å². The molecule has 28 heteroatoms. The zero-order valence-corrected chi connectivity index (χ0v) is 56.1. The maximum absolute atomic E-state index is 13.7. The minimum Gasteiger partial charge on any atom is -0.494 e. The Morgan fingerprint density at radius 2 is 0.928 bits per heavy atom. The molecule has 4 aliphatic rings. The second-order valence-corrected chi connectivity index (χ2v) is 22.9. The molecule has 0 saturated carbocycles. The minimum atomic E-state index is -1.46. The van der Waals surface area contributed by atoms with Crippen LogP contribution in [0.15, 0.2) is 103 Å². The summed E-state index contributed by atoms with van der Waals surface area (Å²) in [6.45, 7) is 4.12. The predicted octanol–water partition coefficient (Wildman–Crippen LogP) is 7.88. The lowest BCUT2D eigenvalue weighted by molar-refractivity contribution is -0.132. The average Bonchev–Trinajstić information content (AvgIpc) is 1.72. The number of likely N-dealkylation sites (tertiary alicyclic amines) is 3. The van der Waals surface area contributed by atoms with Gasteiger partial charge >= 0.3 is 17.9 Å². The van der Waals surface area contributed by atoms with E-state index in [0.717, 1.165) is 0 Å². The second-order valence-electron chi connectivity index (χ2n) is 22.5. The summed E-state index contributed by atoms with van der Waals surface area (Å²) in [6, 6.07) is 26.0. The normalized spacial score (nSPS) is 17.5. The summed E-state index contributed by atoms with van der Waals surface area (Å²) in [5, 5.41) is 22.8. The number of carbonyl (C=O) groups is 8. The van der Waals surface area contributed by atoms with Crippen LogP contribution in [0.5, 0.6) is 51.7 Å². The maximum Gasteiger partial charge on any atom is 0.337 e. The van der Waals surface area contributed by atoms with Gasteiger partial charge in [0.15, 0.2) is 76.2 Å². The lowest BCUT2D eigenvalue weighted by Crippen LogP contribution is -2.29. The Kier molecular flexibility index (Phi) is 25.8. The number of benzene rings is 5. The highest BCUT2D eigenvalue weighted by molar-refractivity contribution is 6.31. The number of rotatable bonds is 22. The highest BCUT2D eigenvalue weighted by atomic mass is 35.5. The van der Waals surface area contributed by atoms with Gasteiger partial charge in [0.25, 0.3) is 23.6 Å². The van der Waals surface area contributed by atoms with Crippen molar-refractivity contribution in [3.8, 4) is 63.0 Å². The molecule has 4 aliphatic heterocycles. The molecule has 0 spiro atoms. The van der Waals surface area contributed by atoms with E-state index >= 15 is 0 Å². The summed E-state index contributed by atoms with van der Waals surface area (Å²) < 4.78 is 71.9. The van der Waals surface area contributed by atoms with E-state index in [1.54, 1.807) is 97.4 Å². The van der Waals surface area contributed by atoms with E-state index in [1.807, 2.05) is 0 Å². The number of methoxy groups -OCH3 is 7. The molecular weight excluding hydrogens is 1290 g/mol. The molecule has 4 fully saturated rings. The van der Waals surface area contributed by atoms with Crippen molar-refractivity contribution in [3.63, 3.8) is 0 Å². The van der Waals surface area contributed by atoms with Gasteiger partial charge in [-0.3, -0.25) is 24.0 Å². The monoisotopic (exact) mass is 1370 g/mol. The molecule has 6 aromatic rings. The summed E-state index contributed by atoms with van der Waals surface area (Å²) in [6.07, 6.45) is 0.394. The summed E-state index contributed by atoms with van der Waals surface area (Å²) in [5.41, 5.74) is 0.993. The van der Waals surface area contributed by atoms with Crippen molar-refractivity contribution in [1.82, 2.24) is 25.0 Å². The SMILES string of the molecule is COC(=O)c1ccc(OC2CCN(C)C2=O)c(OC)c1.COC(=O)c1ccc(OC2CCNC2=O)c(OC)c1.COc1cc(C(=O)CCC(C)(O)c2ccc(OC)c(-c3ccc(F)c(Cl)c3)n2)ccc1OC1CCN(C)C1=O.COc1cc(C(=O)O)ccc1OC1CCN(C)C1=O. The van der Waals surface area contributed by atoms with Crippen LogP contribution in [0.25, 0.3) is 11.3 Å². The number of pyridine rings is 1. The van der Waals surface area contributed by atoms with E-state index in [4.69, 9.17) is 59.3 Å². The smallest absolute Gasteiger partial charge is 0.337 e. The molecule has 0 radical (unpaired) electrons. The van der Waals surface area contributed by atoms with Crippen LogP contribution in [-0.4, -0.2) is 199 Å². The van der Waals surface area contributed by atoms with Crippen LogP contribution in [0.1, 0.15) is 92.6 Å². The van der Waals surface area contributed by atoms with Gasteiger partial charge in [0.1, 0.15) is 22.9 Å². The zero-order chi connectivity index (χ0) is 70.8. The van der Waals surface area contributed by atoms with Crippen LogP contribution in [0.4, 0.5) is 4.39 Å². The summed E-state index contributed by atoms with van der Waals surface area (Å²) in [5.74, 6) is 0.398. The number of hydrogen-bond acceptors (Lipinski definition) is 21. The molecule has 4 saturated heterocycles. The van der Waals surface area contributed by atoms with Crippen molar-refractivity contribution in [3.05, 3.63) is 142 Å². The number of aromatic carboxylic acids is 1. The number of ketones is 1. The number of Topliss-reactive ketones (excluding diaryl/α,β-unsaturated/α-hetero) is 1. The molecular formula is C69H77ClFN5O21. The molecule has 5 atom stereocenters. The molecule has 5 unspecified atom stereocenters. The van der Waals surface area contributed by atoms with Gasteiger partial charge in [0, 0.05) is 90.6 Å². The Balaban J connectivity index is 0.000000194. The number of esters is 2. The topological polar surface area (TPSA) is 313 Å². The van der Waals surface area contributed by atoms with Crippen molar-refractivity contribution < 1.29 is 105 Å². The predicted molar refractivity (Wildman–Crippen MR) is 348 cm³/mol. The van der Waals surface area contributed by atoms with Crippen molar-refractivity contribution in [2.45, 2.75) is 75.5 Å². The molecule has 10 rings (SSSR count). The summed E-state index contributed by atoms with van der Waals surface area (Å²) in [4.78, 5) is 103. The van der Waals surface area contributed by atoms with Crippen LogP contribution < -0.4 is 47.9 Å². The van der Waals surface area contributed by atoms with Crippen LogP contribution >= 0.6 is 11.6 Å². The number of hydrogen-bond donors (Lipinski definition) is 3. The Hall–Kier alpha value is -10.4. The van der Waals surface area contributed by atoms with E-state index in [0.29, 0.717) is 137 Å². The Morgan fingerprint density at radius 3 is 1.30 bits per heavy atom. The lowest BCUT2D eigenvalue weighted by atomic mass is 9.92. The average molecular weight is 1370 g/mol. The Labute approximate surface area is 564 Å². The molecule has 1 aromatic heterocycles. The largest absolute Gasteiger partial charge is 0.494 e. The third-order valence-corrected chi connectivity index (χ3v) is 16.2. The number of halogens is 2. The fourth-order valence-electron chi connectivity index (χ4n) is 10.2. The Morgan fingerprint density at radius 1 is 0.536 bits per heavy atom. The highest BCUT2D eigenvalue weighted by Crippen LogP contribution is 2.38. The number of ether oxygens (including phenoxy) is 11. The quantitative estimate of drug-likeness (QED) is 0.0430. The molecule has 26 nitrogen and oxygen atoms in total. The molecule has 518 valence electrons. The number of nitrogens with one attached hydrogen (secondary N) is 1. The first-order valence-corrected chi connectivity index (χ1v) is 30.7. The van der Waals surface area contributed by atoms with Crippen LogP contribution in [0, 0.1) is 5.82 Å². The highest BCUT2D eigenvalue weighted by Gasteiger charge is 2.35. The molecule has 3 N–H and O–H groups in total. The molecule has 4 amide bonds. The van der Waals surface area contributed by atoms with Crippen molar-refractivity contribution in [1.29, 1.82) is 0 Å². The standard InChI is InChI=1S/C29H30ClFN2O6.C14H17NO5.2C13H15NO5/c1-29(36,26-10-9-23(37-3)27(32-26)18-5-7-20(31)19(30)15-18)13-11-21(34)17-6-8-22(25(16-17)38-4)39-24-12-14-33(2)28(24)35;1-15-7-6-11(13(15)16)20-10-5-4-9(14(17)19-3)8-12(10)18-2;1-17-11-7-8(13(16)18-2)3-4-9(11)19-10-5-6-14-12(10)15;1-14-6-5-10(12(14)15)19-9-4-3-8(13(16)17)7-11(9)18-2/h5-10,15-16,24,36H,11-14H2,1-4H3;4-5,8,11H,6-7H2,1-3H3;3-4,7,10H,5-6H2,1-2H3,(H,14,15);3-4,7,10H,5-6H2,1-2H3,(H,16,17). The van der Waals surface area contributed by atoms with Crippen molar-refractivity contribution in [2.24, 2.45) is 0 Å². The minimum absolute atomic E-state index is 0.0215. The van der Waals surface area contributed by atoms with Gasteiger partial charge in [-0.2, -0.15) is 0 Å². The number of nitrogens with zero attached hydrogens (tertiary/aromatic N) is 4. The fourth-order valence-corrected chi connectivity index (χ4v) is 10.4. The number of carboxylic acid groups (broad SMARTS) is 1. The second kappa shape index (κ2) is 33.8. The summed E-state index contributed by atoms with van der Waals surface area (Å²) >= 11 is 5.95. The number of aromatic nitrogens is 1. The number of amides is 4. The number of carbonyl (C=O) groups excluding carboxylic acids is 7. The van der Waals surface area contributed by atoms with E-state index in [1.165, 1.54) is 98.3 Å². The van der Waals surface area contributed by atoms with E-state index in [9.17, 15) is 47.9 Å². The van der Waals surface area contributed by atoms with Crippen molar-refractivity contribution >= 4 is 58.9 Å². The third kappa shape index (κ3) is 18.8. The van der Waals surface area contributed by atoms with E-state index < -0.39 is 53.7 Å². The molecule has 0 bridgehead atoms. The zero-order valence-electron chi connectivity index (χ0n) is 55.4. The van der Waals surface area contributed by atoms with E-state index in [-0.39, 0.29) is 52.8 Å². The van der Waals surface area contributed by atoms with Crippen LogP contribution in [-0.2, 0) is 34.3 Å². The van der Waals surface area contributed by atoms with E-state index in [2.05, 4.69) is 19.8 Å². The fraction of sp³-hybridized carbons (Fsp3) is 0.377. The molecule has 5 heterocycles. The Bertz CT molecular complexity index is 3870. The van der Waals surface area contributed by atoms with Gasteiger partial charge in [0.05, 0.1) is 77.2 Å². The van der Waals surface area contributed by atoms with Gasteiger partial charge < -0.3 is 82.3 Å². The molecule has 5 aromatic carbocycles. The first kappa shape index (κ1) is 74.0. The van der Waals surface area contributed by atoms with Crippen molar-refractivity contribution in [2.75, 3.05) is 97.1 Å². The number of aliphatic hydroxyl groups is 1. The lowest BCUT2D eigenvalue weighted by Gasteiger charge is -2.24. The maximum atomic E-state index is 13.7. The first-order chi connectivity index (χ1) is 46.3. The first-order valence-electron chi connectivity index (χ1n) is 30.4. The third-order valence-electron chi connectivity index (χ3n) is 15.9. The van der Waals surface area contributed by atoms with Gasteiger partial charge in [-0.1, -0.05) is 11.6 Å².